The molecule has 0 fully saturated rings. The van der Waals surface area contributed by atoms with Gasteiger partial charge in [0.2, 0.25) is 0 Å². The number of ether oxygens (including phenoxy) is 1. The summed E-state index contributed by atoms with van der Waals surface area (Å²) in [6.45, 7) is 9.45. The van der Waals surface area contributed by atoms with Crippen LogP contribution >= 0.6 is 15.9 Å². The van der Waals surface area contributed by atoms with Gasteiger partial charge in [0, 0.05) is 25.3 Å². The molecule has 0 heterocycles. The fraction of sp³-hybridized carbons (Fsp3) is 0.643. The van der Waals surface area contributed by atoms with Gasteiger partial charge in [-0.25, -0.2) is 0 Å². The van der Waals surface area contributed by atoms with Gasteiger partial charge >= 0.3 is 0 Å². The first-order valence-corrected chi connectivity index (χ1v) is 7.11. The van der Waals surface area contributed by atoms with Crippen LogP contribution < -0.4 is 0 Å². The summed E-state index contributed by atoms with van der Waals surface area (Å²) >= 11 is 3.58. The fourth-order valence-corrected chi connectivity index (χ4v) is 2.38. The highest BCUT2D eigenvalue weighted by molar-refractivity contribution is 9.09. The van der Waals surface area contributed by atoms with E-state index in [4.69, 9.17) is 4.74 Å². The molecular weight excluding hydrogens is 294 g/mol. The van der Waals surface area contributed by atoms with E-state index < -0.39 is 6.10 Å². The molecule has 0 rings (SSSR count). The third-order valence-electron chi connectivity index (χ3n) is 2.63. The molecule has 0 bridgehead atoms. The van der Waals surface area contributed by atoms with Gasteiger partial charge in [0.15, 0.2) is 0 Å². The molecule has 0 aliphatic heterocycles. The first-order chi connectivity index (χ1) is 8.47. The topological polar surface area (TPSA) is 29.5 Å². The van der Waals surface area contributed by atoms with E-state index >= 15 is 0 Å². The van der Waals surface area contributed by atoms with E-state index in [1.165, 1.54) is 0 Å². The smallest absolute Gasteiger partial charge is 0.251 e. The molecule has 0 aromatic heterocycles. The van der Waals surface area contributed by atoms with Crippen molar-refractivity contribution in [2.24, 2.45) is 0 Å². The van der Waals surface area contributed by atoms with Crippen LogP contribution in [0.4, 0.5) is 0 Å². The summed E-state index contributed by atoms with van der Waals surface area (Å²) in [6, 6.07) is 0. The van der Waals surface area contributed by atoms with Crippen LogP contribution in [0.5, 0.6) is 0 Å². The highest BCUT2D eigenvalue weighted by Crippen LogP contribution is 2.20. The Kier molecular flexibility index (Phi) is 9.02. The summed E-state index contributed by atoms with van der Waals surface area (Å²) < 4.78 is 5.92. The minimum absolute atomic E-state index is 0.00292. The van der Waals surface area contributed by atoms with E-state index in [0.717, 1.165) is 12.8 Å². The average molecular weight is 318 g/mol. The van der Waals surface area contributed by atoms with Gasteiger partial charge in [0.05, 0.1) is 6.10 Å². The summed E-state index contributed by atoms with van der Waals surface area (Å²) in [5.41, 5.74) is 0. The molecule has 1 amide bonds. The third-order valence-corrected chi connectivity index (χ3v) is 3.60. The Morgan fingerprint density at radius 2 is 1.89 bits per heavy atom. The Bertz CT molecular complexity index is 279. The Hall–Kier alpha value is -0.610. The van der Waals surface area contributed by atoms with E-state index in [1.807, 2.05) is 13.0 Å². The quantitative estimate of drug-likeness (QED) is 0.483. The molecule has 0 spiro atoms. The third kappa shape index (κ3) is 5.83. The number of likely N-dealkylation sites (N-methyl/N-ethyl adjacent to an activating group) is 1. The van der Waals surface area contributed by atoms with Crippen molar-refractivity contribution in [1.29, 1.82) is 0 Å². The van der Waals surface area contributed by atoms with Crippen LogP contribution in [0.3, 0.4) is 0 Å². The number of hydrogen-bond acceptors (Lipinski definition) is 2. The van der Waals surface area contributed by atoms with Crippen molar-refractivity contribution in [3.63, 3.8) is 0 Å². The van der Waals surface area contributed by atoms with Crippen molar-refractivity contribution in [1.82, 2.24) is 4.90 Å². The number of alkyl halides is 1. The van der Waals surface area contributed by atoms with E-state index in [-0.39, 0.29) is 16.8 Å². The number of allylic oxidation sites excluding steroid dienone is 1. The van der Waals surface area contributed by atoms with Gasteiger partial charge in [0.1, 0.15) is 6.10 Å². The first kappa shape index (κ1) is 17.4. The van der Waals surface area contributed by atoms with Crippen LogP contribution in [-0.4, -0.2) is 41.9 Å². The van der Waals surface area contributed by atoms with E-state index in [9.17, 15) is 4.79 Å². The van der Waals surface area contributed by atoms with Gasteiger partial charge < -0.3 is 9.64 Å². The number of nitrogens with zero attached hydrogens (tertiary/aromatic N) is 1. The Morgan fingerprint density at radius 3 is 2.28 bits per heavy atom. The van der Waals surface area contributed by atoms with Crippen LogP contribution in [0.15, 0.2) is 25.3 Å². The lowest BCUT2D eigenvalue weighted by Gasteiger charge is -2.27. The van der Waals surface area contributed by atoms with Gasteiger partial charge in [-0.1, -0.05) is 35.0 Å². The van der Waals surface area contributed by atoms with Crippen LogP contribution in [0.1, 0.15) is 26.2 Å². The molecule has 0 aliphatic carbocycles. The van der Waals surface area contributed by atoms with E-state index in [1.54, 1.807) is 25.1 Å². The maximum Gasteiger partial charge on any atom is 0.251 e. The summed E-state index contributed by atoms with van der Waals surface area (Å²) in [7, 11) is 3.47. The Balaban J connectivity index is 4.66. The number of carbonyl (C=O) groups excluding carboxylic acids is 1. The standard InChI is InChI=1S/C14H24BrNO2/c1-6-9-11(15)12(8-3)18-13(10-7-2)14(17)16(4)5/h6-7,11-13H,1-2,8-10H2,3-5H3/t11-,12+,13-/m0/s1. The van der Waals surface area contributed by atoms with Crippen LogP contribution in [0.2, 0.25) is 0 Å². The summed E-state index contributed by atoms with van der Waals surface area (Å²) in [4.78, 5) is 13.7. The predicted molar refractivity (Wildman–Crippen MR) is 80.0 cm³/mol. The minimum atomic E-state index is -0.452. The van der Waals surface area contributed by atoms with Gasteiger partial charge in [-0.2, -0.15) is 0 Å². The largest absolute Gasteiger partial charge is 0.364 e. The number of amides is 1. The lowest BCUT2D eigenvalue weighted by molar-refractivity contribution is -0.144. The highest BCUT2D eigenvalue weighted by atomic mass is 79.9. The molecule has 0 saturated heterocycles. The van der Waals surface area contributed by atoms with Crippen molar-refractivity contribution < 1.29 is 9.53 Å². The normalized spacial score (nSPS) is 15.6. The van der Waals surface area contributed by atoms with E-state index in [2.05, 4.69) is 29.1 Å². The van der Waals surface area contributed by atoms with Crippen molar-refractivity contribution in [3.05, 3.63) is 25.3 Å². The fourth-order valence-electron chi connectivity index (χ4n) is 1.61. The van der Waals surface area contributed by atoms with Gasteiger partial charge in [-0.3, -0.25) is 4.79 Å². The number of rotatable bonds is 9. The molecule has 4 heteroatoms. The maximum atomic E-state index is 12.0. The molecule has 18 heavy (non-hydrogen) atoms. The zero-order chi connectivity index (χ0) is 14.1. The van der Waals surface area contributed by atoms with Gasteiger partial charge in [-0.15, -0.1) is 13.2 Å². The number of hydrogen-bond donors (Lipinski definition) is 0. The molecule has 0 aromatic rings. The van der Waals surface area contributed by atoms with Crippen LogP contribution in [-0.2, 0) is 9.53 Å². The molecule has 0 aliphatic rings. The average Bonchev–Trinajstić information content (AvgIpc) is 2.33. The molecule has 3 atom stereocenters. The molecular formula is C14H24BrNO2. The SMILES string of the molecule is C=CC[C@H](O[C@H](CC)[C@@H](Br)CC=C)C(=O)N(C)C. The lowest BCUT2D eigenvalue weighted by Crippen LogP contribution is -2.39. The van der Waals surface area contributed by atoms with Crippen molar-refractivity contribution in [2.75, 3.05) is 14.1 Å². The zero-order valence-corrected chi connectivity index (χ0v) is 13.1. The molecule has 0 saturated carbocycles. The van der Waals surface area contributed by atoms with Crippen LogP contribution in [0, 0.1) is 0 Å². The first-order valence-electron chi connectivity index (χ1n) is 6.20. The molecule has 104 valence electrons. The van der Waals surface area contributed by atoms with Crippen molar-refractivity contribution >= 4 is 21.8 Å². The second-order valence-corrected chi connectivity index (χ2v) is 5.54. The second kappa shape index (κ2) is 9.34. The number of carbonyl (C=O) groups is 1. The summed E-state index contributed by atoms with van der Waals surface area (Å²) in [6.07, 6.45) is 5.30. The van der Waals surface area contributed by atoms with Crippen LogP contribution in [0.25, 0.3) is 0 Å². The Labute approximate surface area is 119 Å². The molecule has 0 radical (unpaired) electrons. The number of halogens is 1. The highest BCUT2D eigenvalue weighted by Gasteiger charge is 2.26. The second-order valence-electron chi connectivity index (χ2n) is 4.37. The summed E-state index contributed by atoms with van der Waals surface area (Å²) in [5.74, 6) is -0.0216. The Morgan fingerprint density at radius 1 is 1.33 bits per heavy atom. The maximum absolute atomic E-state index is 12.0. The summed E-state index contributed by atoms with van der Waals surface area (Å²) in [5, 5.41) is 0. The lowest BCUT2D eigenvalue weighted by atomic mass is 10.1. The van der Waals surface area contributed by atoms with E-state index in [0.29, 0.717) is 6.42 Å². The van der Waals surface area contributed by atoms with Crippen molar-refractivity contribution in [2.45, 2.75) is 43.2 Å². The zero-order valence-electron chi connectivity index (χ0n) is 11.6. The monoisotopic (exact) mass is 317 g/mol. The van der Waals surface area contributed by atoms with Gasteiger partial charge in [-0.05, 0) is 12.8 Å². The molecule has 3 nitrogen and oxygen atoms in total. The van der Waals surface area contributed by atoms with Gasteiger partial charge in [0.25, 0.3) is 5.91 Å². The molecule has 0 N–H and O–H groups in total. The molecule has 0 aromatic carbocycles. The predicted octanol–water partition coefficient (Wildman–Crippen LogP) is 3.15. The minimum Gasteiger partial charge on any atom is -0.364 e. The molecule has 0 unspecified atom stereocenters. The van der Waals surface area contributed by atoms with Crippen molar-refractivity contribution in [3.8, 4) is 0 Å².